The molecule has 0 aliphatic rings. The van der Waals surface area contributed by atoms with E-state index in [4.69, 9.17) is 14.4 Å². The number of benzene rings is 7. The second-order valence-corrected chi connectivity index (χ2v) is 20.0. The van der Waals surface area contributed by atoms with Gasteiger partial charge >= 0.3 is 0 Å². The van der Waals surface area contributed by atoms with Crippen molar-refractivity contribution >= 4 is 32.8 Å². The van der Waals surface area contributed by atoms with Gasteiger partial charge in [-0.2, -0.15) is 0 Å². The van der Waals surface area contributed by atoms with E-state index in [0.29, 0.717) is 11.3 Å². The van der Waals surface area contributed by atoms with Gasteiger partial charge in [0.15, 0.2) is 0 Å². The van der Waals surface area contributed by atoms with Crippen molar-refractivity contribution in [2.45, 2.75) is 59.3 Å². The number of hydrogen-bond acceptors (Lipinski definition) is 4. The zero-order chi connectivity index (χ0) is 46.9. The minimum absolute atomic E-state index is 0. The van der Waals surface area contributed by atoms with E-state index in [1.807, 2.05) is 30.3 Å². The Bertz CT molecular complexity index is 3700. The summed E-state index contributed by atoms with van der Waals surface area (Å²) in [4.78, 5) is 10.4. The number of para-hydroxylation sites is 4. The molecule has 0 unspecified atom stereocenters. The fourth-order valence-corrected chi connectivity index (χ4v) is 9.57. The molecular weight excluding hydrogens is 1030 g/mol. The molecule has 0 aliphatic carbocycles. The van der Waals surface area contributed by atoms with Gasteiger partial charge in [0.25, 0.3) is 0 Å². The Labute approximate surface area is 418 Å². The van der Waals surface area contributed by atoms with Crippen LogP contribution >= 0.6 is 0 Å². The summed E-state index contributed by atoms with van der Waals surface area (Å²) in [6.07, 6.45) is 0. The minimum atomic E-state index is -0.0630. The van der Waals surface area contributed by atoms with E-state index < -0.39 is 0 Å². The van der Waals surface area contributed by atoms with Crippen LogP contribution in [0.25, 0.3) is 106 Å². The smallest absolute Gasteiger partial charge is 0.136 e. The van der Waals surface area contributed by atoms with Gasteiger partial charge in [0.1, 0.15) is 16.9 Å². The molecule has 342 valence electrons. The predicted molar refractivity (Wildman–Crippen MR) is 281 cm³/mol. The summed E-state index contributed by atoms with van der Waals surface area (Å²) in [6, 6.07) is 67.1. The molecule has 0 radical (unpaired) electrons. The summed E-state index contributed by atoms with van der Waals surface area (Å²) in [6.45, 7) is 15.6. The number of aromatic nitrogens is 3. The number of pyridine rings is 2. The SMILES string of the molecule is Cc1cc(-c2c(-c3ccc4c(c3)oc3ccccc34)c3ccccc3n2-c2ccccc2)cc(-c2[c-]c(-c3cc(-c4cc(C(C)(C)C)cc(C(C)(C)C)c4)cc(-c4ccccc4O)n3)ccc2)n1.[Pt]. The molecule has 0 saturated carbocycles. The Morgan fingerprint density at radius 2 is 1.09 bits per heavy atom. The summed E-state index contributed by atoms with van der Waals surface area (Å²) in [5.41, 5.74) is 18.2. The van der Waals surface area contributed by atoms with Gasteiger partial charge in [-0.3, -0.25) is 9.97 Å². The van der Waals surface area contributed by atoms with Crippen LogP contribution in [0.5, 0.6) is 5.75 Å². The monoisotopic (exact) mass is 1080 g/mol. The fourth-order valence-electron chi connectivity index (χ4n) is 9.57. The maximum atomic E-state index is 11.2. The van der Waals surface area contributed by atoms with E-state index >= 15 is 0 Å². The van der Waals surface area contributed by atoms with E-state index in [9.17, 15) is 5.11 Å². The van der Waals surface area contributed by atoms with Gasteiger partial charge in [-0.1, -0.05) is 156 Å². The second kappa shape index (κ2) is 17.6. The Morgan fingerprint density at radius 1 is 0.493 bits per heavy atom. The molecule has 0 amide bonds. The first kappa shape index (κ1) is 45.5. The topological polar surface area (TPSA) is 64.1 Å². The van der Waals surface area contributed by atoms with Crippen LogP contribution in [0.4, 0.5) is 0 Å². The zero-order valence-corrected chi connectivity index (χ0v) is 42.1. The largest absolute Gasteiger partial charge is 0.507 e. The molecule has 0 aliphatic heterocycles. The maximum absolute atomic E-state index is 11.2. The molecule has 11 rings (SSSR count). The first-order valence-electron chi connectivity index (χ1n) is 23.4. The van der Waals surface area contributed by atoms with Gasteiger partial charge in [0, 0.05) is 71.1 Å². The van der Waals surface area contributed by atoms with Crippen molar-refractivity contribution in [2.24, 2.45) is 0 Å². The van der Waals surface area contributed by atoms with Crippen LogP contribution in [0.1, 0.15) is 58.4 Å². The number of nitrogens with zero attached hydrogens (tertiary/aromatic N) is 3. The zero-order valence-electron chi connectivity index (χ0n) is 39.8. The summed E-state index contributed by atoms with van der Waals surface area (Å²) >= 11 is 0. The second-order valence-electron chi connectivity index (χ2n) is 20.0. The summed E-state index contributed by atoms with van der Waals surface area (Å²) < 4.78 is 8.85. The molecule has 1 N–H and O–H groups in total. The third-order valence-electron chi connectivity index (χ3n) is 13.1. The van der Waals surface area contributed by atoms with Crippen LogP contribution in [-0.2, 0) is 31.9 Å². The van der Waals surface area contributed by atoms with E-state index in [-0.39, 0.29) is 37.6 Å². The van der Waals surface area contributed by atoms with E-state index in [1.165, 1.54) is 11.1 Å². The maximum Gasteiger partial charge on any atom is 0.136 e. The first-order chi connectivity index (χ1) is 32.8. The Kier molecular flexibility index (Phi) is 11.6. The fraction of sp³-hybridized carbons (Fsp3) is 0.143. The molecule has 0 fully saturated rings. The van der Waals surface area contributed by atoms with Crippen LogP contribution in [0.3, 0.4) is 0 Å². The van der Waals surface area contributed by atoms with Crippen molar-refractivity contribution in [1.29, 1.82) is 0 Å². The average molecular weight is 1080 g/mol. The molecule has 0 saturated heterocycles. The molecule has 6 heteroatoms. The molecule has 0 bridgehead atoms. The molecule has 4 heterocycles. The predicted octanol–water partition coefficient (Wildman–Crippen LogP) is 16.7. The third-order valence-corrected chi connectivity index (χ3v) is 13.1. The van der Waals surface area contributed by atoms with Crippen LogP contribution in [0.15, 0.2) is 186 Å². The molecule has 0 atom stereocenters. The van der Waals surface area contributed by atoms with E-state index in [0.717, 1.165) is 100 Å². The number of phenolic OH excluding ortho intramolecular Hbond substituents is 1. The number of furan rings is 1. The van der Waals surface area contributed by atoms with Crippen LogP contribution < -0.4 is 0 Å². The first-order valence-corrected chi connectivity index (χ1v) is 23.4. The Morgan fingerprint density at radius 3 is 1.81 bits per heavy atom. The van der Waals surface area contributed by atoms with E-state index in [1.54, 1.807) is 6.07 Å². The van der Waals surface area contributed by atoms with Crippen molar-refractivity contribution < 1.29 is 30.6 Å². The normalized spacial score (nSPS) is 11.9. The number of rotatable bonds is 7. The van der Waals surface area contributed by atoms with Crippen LogP contribution in [0, 0.1) is 13.0 Å². The number of aryl methyl sites for hydroxylation is 1. The molecule has 11 aromatic rings. The van der Waals surface area contributed by atoms with Gasteiger partial charge < -0.3 is 14.1 Å². The van der Waals surface area contributed by atoms with Crippen molar-refractivity contribution in [3.8, 4) is 78.7 Å². The molecule has 0 spiro atoms. The van der Waals surface area contributed by atoms with Crippen molar-refractivity contribution in [3.05, 3.63) is 205 Å². The van der Waals surface area contributed by atoms with Gasteiger partial charge in [0.05, 0.1) is 16.9 Å². The number of fused-ring (bicyclic) bond motifs is 4. The molecule has 4 aromatic heterocycles. The average Bonchev–Trinajstić information content (AvgIpc) is 3.89. The van der Waals surface area contributed by atoms with Gasteiger partial charge in [0.2, 0.25) is 0 Å². The standard InChI is InChI=1S/C63H52N3O2.Pt/c1-39-30-45(61-60(42-28-29-50-49-22-13-16-27-58(49)68-59(50)37-42)52-24-11-14-25-56(52)66(61)48-20-9-8-10-21-48)36-53(64-39)40-18-17-19-41(31-40)54-34-44(35-55(65-54)51-23-12-15-26-57(51)67)43-32-46(62(2,3)4)38-47(33-43)63(5,6)7;/h8-30,32-38,67H,1-7H3;/q-1;. The third kappa shape index (κ3) is 8.51. The molecule has 7 aromatic carbocycles. The Balaban J connectivity index is 0.00000553. The van der Waals surface area contributed by atoms with E-state index in [2.05, 4.69) is 205 Å². The van der Waals surface area contributed by atoms with Crippen molar-refractivity contribution in [2.75, 3.05) is 0 Å². The minimum Gasteiger partial charge on any atom is -0.507 e. The van der Waals surface area contributed by atoms with Gasteiger partial charge in [-0.25, -0.2) is 0 Å². The number of hydrogen-bond donors (Lipinski definition) is 1. The number of aromatic hydroxyl groups is 1. The van der Waals surface area contributed by atoms with Crippen molar-refractivity contribution in [1.82, 2.24) is 14.5 Å². The van der Waals surface area contributed by atoms with Gasteiger partial charge in [-0.05, 0) is 112 Å². The molecule has 69 heavy (non-hydrogen) atoms. The van der Waals surface area contributed by atoms with Crippen molar-refractivity contribution in [3.63, 3.8) is 0 Å². The quantitative estimate of drug-likeness (QED) is 0.162. The molecular formula is C63H52N3O2Pt-. The van der Waals surface area contributed by atoms with Crippen LogP contribution in [0.2, 0.25) is 0 Å². The van der Waals surface area contributed by atoms with Crippen LogP contribution in [-0.4, -0.2) is 19.6 Å². The number of phenols is 1. The summed E-state index contributed by atoms with van der Waals surface area (Å²) in [5, 5.41) is 14.5. The Hall–Kier alpha value is -7.33. The summed E-state index contributed by atoms with van der Waals surface area (Å²) in [7, 11) is 0. The molecule has 5 nitrogen and oxygen atoms in total. The summed E-state index contributed by atoms with van der Waals surface area (Å²) in [5.74, 6) is 0.181. The van der Waals surface area contributed by atoms with Gasteiger partial charge in [-0.15, -0.1) is 24.3 Å².